The summed E-state index contributed by atoms with van der Waals surface area (Å²) in [6.07, 6.45) is 0.862. The maximum Gasteiger partial charge on any atom is 0.191 e. The minimum Gasteiger partial charge on any atom is -0.489 e. The van der Waals surface area contributed by atoms with Crippen LogP contribution in [0, 0.1) is 5.82 Å². The number of guanidine groups is 1. The number of hydrogen-bond acceptors (Lipinski definition) is 3. The monoisotopic (exact) mass is 335 g/mol. The van der Waals surface area contributed by atoms with Gasteiger partial charge < -0.3 is 15.4 Å². The molecule has 1 aromatic heterocycles. The Labute approximate surface area is 140 Å². The van der Waals surface area contributed by atoms with Gasteiger partial charge in [0.05, 0.1) is 6.54 Å². The fourth-order valence-electron chi connectivity index (χ4n) is 2.03. The van der Waals surface area contributed by atoms with Gasteiger partial charge in [-0.3, -0.25) is 4.99 Å². The molecule has 0 radical (unpaired) electrons. The lowest BCUT2D eigenvalue weighted by Crippen LogP contribution is -2.42. The van der Waals surface area contributed by atoms with Crippen LogP contribution in [0.3, 0.4) is 0 Å². The van der Waals surface area contributed by atoms with Gasteiger partial charge in [0.15, 0.2) is 5.96 Å². The Balaban J connectivity index is 1.70. The number of benzene rings is 1. The van der Waals surface area contributed by atoms with Crippen LogP contribution < -0.4 is 15.4 Å². The highest BCUT2D eigenvalue weighted by atomic mass is 32.1. The zero-order valence-electron chi connectivity index (χ0n) is 13.4. The molecule has 4 nitrogen and oxygen atoms in total. The van der Waals surface area contributed by atoms with Gasteiger partial charge in [0.2, 0.25) is 0 Å². The summed E-state index contributed by atoms with van der Waals surface area (Å²) in [6, 6.07) is 10.3. The topological polar surface area (TPSA) is 45.7 Å². The molecular formula is C17H22FN3OS. The van der Waals surface area contributed by atoms with Crippen LogP contribution in [0.4, 0.5) is 4.39 Å². The Hall–Kier alpha value is -2.08. The molecule has 124 valence electrons. The standard InChI is InChI=1S/C17H22FN3OS/c1-13(22-15-6-3-5-14(18)11-15)12-21-17(19-2)20-9-8-16-7-4-10-23-16/h3-7,10-11,13H,8-9,12H2,1-2H3,(H2,19,20,21). The molecule has 2 rings (SSSR count). The highest BCUT2D eigenvalue weighted by Crippen LogP contribution is 2.13. The van der Waals surface area contributed by atoms with E-state index in [0.29, 0.717) is 12.3 Å². The molecule has 1 heterocycles. The molecule has 23 heavy (non-hydrogen) atoms. The maximum atomic E-state index is 13.1. The molecule has 0 bridgehead atoms. The maximum absolute atomic E-state index is 13.1. The van der Waals surface area contributed by atoms with Crippen molar-refractivity contribution in [1.82, 2.24) is 10.6 Å². The lowest BCUT2D eigenvalue weighted by Gasteiger charge is -2.17. The fraction of sp³-hybridized carbons (Fsp3) is 0.353. The Morgan fingerprint density at radius 1 is 1.30 bits per heavy atom. The normalized spacial score (nSPS) is 12.7. The van der Waals surface area contributed by atoms with Crippen molar-refractivity contribution >= 4 is 17.3 Å². The number of aliphatic imine (C=N–C) groups is 1. The molecule has 0 saturated carbocycles. The summed E-state index contributed by atoms with van der Waals surface area (Å²) in [7, 11) is 1.73. The first-order chi connectivity index (χ1) is 11.2. The van der Waals surface area contributed by atoms with Gasteiger partial charge in [0, 0.05) is 24.5 Å². The van der Waals surface area contributed by atoms with E-state index in [1.165, 1.54) is 17.0 Å². The minimum absolute atomic E-state index is 0.104. The van der Waals surface area contributed by atoms with Gasteiger partial charge in [-0.1, -0.05) is 12.1 Å². The Morgan fingerprint density at radius 3 is 2.87 bits per heavy atom. The predicted molar refractivity (Wildman–Crippen MR) is 93.9 cm³/mol. The number of rotatable bonds is 7. The smallest absolute Gasteiger partial charge is 0.191 e. The van der Waals surface area contributed by atoms with Crippen LogP contribution in [-0.2, 0) is 6.42 Å². The van der Waals surface area contributed by atoms with Crippen LogP contribution in [0.1, 0.15) is 11.8 Å². The van der Waals surface area contributed by atoms with E-state index in [9.17, 15) is 4.39 Å². The first-order valence-electron chi connectivity index (χ1n) is 7.56. The zero-order chi connectivity index (χ0) is 16.5. The van der Waals surface area contributed by atoms with Crippen LogP contribution in [0.15, 0.2) is 46.8 Å². The third-order valence-corrected chi connectivity index (χ3v) is 4.09. The van der Waals surface area contributed by atoms with E-state index >= 15 is 0 Å². The van der Waals surface area contributed by atoms with Crippen LogP contribution in [0.2, 0.25) is 0 Å². The summed E-state index contributed by atoms with van der Waals surface area (Å²) < 4.78 is 18.8. The van der Waals surface area contributed by atoms with Gasteiger partial charge in [-0.05, 0) is 36.9 Å². The highest BCUT2D eigenvalue weighted by Gasteiger charge is 2.06. The Kier molecular flexibility index (Phi) is 6.87. The molecule has 1 aromatic carbocycles. The molecule has 0 amide bonds. The van der Waals surface area contributed by atoms with Gasteiger partial charge >= 0.3 is 0 Å². The number of hydrogen-bond donors (Lipinski definition) is 2. The molecule has 0 spiro atoms. The van der Waals surface area contributed by atoms with Crippen molar-refractivity contribution in [2.75, 3.05) is 20.1 Å². The van der Waals surface area contributed by atoms with E-state index in [1.54, 1.807) is 30.5 Å². The van der Waals surface area contributed by atoms with E-state index in [2.05, 4.69) is 33.1 Å². The van der Waals surface area contributed by atoms with E-state index < -0.39 is 0 Å². The second-order valence-electron chi connectivity index (χ2n) is 5.10. The summed E-state index contributed by atoms with van der Waals surface area (Å²) in [4.78, 5) is 5.53. The van der Waals surface area contributed by atoms with Crippen LogP contribution in [-0.4, -0.2) is 32.2 Å². The summed E-state index contributed by atoms with van der Waals surface area (Å²) in [5.74, 6) is 0.963. The molecule has 0 aliphatic heterocycles. The second-order valence-corrected chi connectivity index (χ2v) is 6.13. The lowest BCUT2D eigenvalue weighted by molar-refractivity contribution is 0.223. The van der Waals surface area contributed by atoms with Crippen LogP contribution in [0.5, 0.6) is 5.75 Å². The molecule has 1 atom stereocenters. The SMILES string of the molecule is CN=C(NCCc1cccs1)NCC(C)Oc1cccc(F)c1. The first-order valence-corrected chi connectivity index (χ1v) is 8.44. The highest BCUT2D eigenvalue weighted by molar-refractivity contribution is 7.09. The van der Waals surface area contributed by atoms with Crippen molar-refractivity contribution in [3.05, 3.63) is 52.5 Å². The molecule has 0 saturated heterocycles. The van der Waals surface area contributed by atoms with Gasteiger partial charge in [0.25, 0.3) is 0 Å². The Morgan fingerprint density at radius 2 is 2.17 bits per heavy atom. The van der Waals surface area contributed by atoms with Gasteiger partial charge in [0.1, 0.15) is 17.7 Å². The largest absolute Gasteiger partial charge is 0.489 e. The van der Waals surface area contributed by atoms with Crippen molar-refractivity contribution in [2.45, 2.75) is 19.4 Å². The third kappa shape index (κ3) is 6.28. The van der Waals surface area contributed by atoms with Gasteiger partial charge in [-0.2, -0.15) is 0 Å². The lowest BCUT2D eigenvalue weighted by atomic mass is 10.3. The summed E-state index contributed by atoms with van der Waals surface area (Å²) in [6.45, 7) is 3.32. The number of nitrogens with zero attached hydrogens (tertiary/aromatic N) is 1. The number of ether oxygens (including phenoxy) is 1. The fourth-order valence-corrected chi connectivity index (χ4v) is 2.74. The molecule has 2 aromatic rings. The number of thiophene rings is 1. The van der Waals surface area contributed by atoms with E-state index in [1.807, 2.05) is 6.92 Å². The molecule has 1 unspecified atom stereocenters. The number of halogens is 1. The molecule has 0 fully saturated rings. The third-order valence-electron chi connectivity index (χ3n) is 3.16. The first kappa shape index (κ1) is 17.3. The van der Waals surface area contributed by atoms with Gasteiger partial charge in [-0.15, -0.1) is 11.3 Å². The van der Waals surface area contributed by atoms with Gasteiger partial charge in [-0.25, -0.2) is 4.39 Å². The molecule has 6 heteroatoms. The van der Waals surface area contributed by atoms with Crippen LogP contribution >= 0.6 is 11.3 Å². The van der Waals surface area contributed by atoms with Crippen molar-refractivity contribution in [1.29, 1.82) is 0 Å². The zero-order valence-corrected chi connectivity index (χ0v) is 14.2. The molecule has 2 N–H and O–H groups in total. The Bertz CT molecular complexity index is 616. The summed E-state index contributed by atoms with van der Waals surface area (Å²) in [5, 5.41) is 8.55. The van der Waals surface area contributed by atoms with Crippen molar-refractivity contribution in [3.8, 4) is 5.75 Å². The van der Waals surface area contributed by atoms with Crippen molar-refractivity contribution < 1.29 is 9.13 Å². The van der Waals surface area contributed by atoms with E-state index in [0.717, 1.165) is 18.9 Å². The molecule has 0 aliphatic carbocycles. The second kappa shape index (κ2) is 9.15. The summed E-state index contributed by atoms with van der Waals surface area (Å²) in [5.41, 5.74) is 0. The van der Waals surface area contributed by atoms with E-state index in [-0.39, 0.29) is 11.9 Å². The quantitative estimate of drug-likeness (QED) is 0.604. The summed E-state index contributed by atoms with van der Waals surface area (Å²) >= 11 is 1.75. The average Bonchev–Trinajstić information content (AvgIpc) is 3.04. The predicted octanol–water partition coefficient (Wildman–Crippen LogP) is 3.06. The van der Waals surface area contributed by atoms with E-state index in [4.69, 9.17) is 4.74 Å². The molecule has 0 aliphatic rings. The molecular weight excluding hydrogens is 313 g/mol. The van der Waals surface area contributed by atoms with Crippen molar-refractivity contribution in [3.63, 3.8) is 0 Å². The number of nitrogens with one attached hydrogen (secondary N) is 2. The van der Waals surface area contributed by atoms with Crippen LogP contribution in [0.25, 0.3) is 0 Å². The minimum atomic E-state index is -0.297. The average molecular weight is 335 g/mol. The van der Waals surface area contributed by atoms with Crippen molar-refractivity contribution in [2.24, 2.45) is 4.99 Å².